The minimum absolute atomic E-state index is 0.0676. The lowest BCUT2D eigenvalue weighted by atomic mass is 10.1. The summed E-state index contributed by atoms with van der Waals surface area (Å²) < 4.78 is 36.5. The van der Waals surface area contributed by atoms with E-state index in [-0.39, 0.29) is 36.2 Å². The number of hydrogen-bond acceptors (Lipinski definition) is 6. The van der Waals surface area contributed by atoms with Crippen molar-refractivity contribution in [3.63, 3.8) is 0 Å². The third-order valence-electron chi connectivity index (χ3n) is 3.91. The molecule has 28 heavy (non-hydrogen) atoms. The predicted molar refractivity (Wildman–Crippen MR) is 94.2 cm³/mol. The van der Waals surface area contributed by atoms with Gasteiger partial charge in [0.25, 0.3) is 5.89 Å². The van der Waals surface area contributed by atoms with Gasteiger partial charge in [-0.2, -0.15) is 0 Å². The van der Waals surface area contributed by atoms with Gasteiger partial charge in [-0.1, -0.05) is 0 Å². The number of rotatable bonds is 7. The summed E-state index contributed by atoms with van der Waals surface area (Å²) in [5, 5.41) is 7.68. The number of Topliss-reactive ketones (excluding diaryl/α,β-unsaturated/α-hetero) is 1. The van der Waals surface area contributed by atoms with Crippen LogP contribution in [0.25, 0.3) is 11.5 Å². The molecule has 0 radical (unpaired) electrons. The summed E-state index contributed by atoms with van der Waals surface area (Å²) in [6, 6.07) is 10.6. The zero-order valence-electron chi connectivity index (χ0n) is 14.9. The molecule has 0 aliphatic rings. The Hall–Kier alpha value is -3.42. The van der Waals surface area contributed by atoms with Crippen LogP contribution < -0.4 is 0 Å². The highest BCUT2D eigenvalue weighted by Gasteiger charge is 2.20. The SMILES string of the molecule is C[C@@H](OC(=O)CCC(=O)c1ccc(F)cc1)c1nnc(-c2ccc(F)cc2)o1. The highest BCUT2D eigenvalue weighted by Crippen LogP contribution is 2.23. The summed E-state index contributed by atoms with van der Waals surface area (Å²) in [6.07, 6.45) is -1.02. The van der Waals surface area contributed by atoms with Crippen molar-refractivity contribution in [2.75, 3.05) is 0 Å². The first kappa shape index (κ1) is 19.3. The van der Waals surface area contributed by atoms with Crippen LogP contribution in [0.3, 0.4) is 0 Å². The Bertz CT molecular complexity index is 969. The zero-order chi connectivity index (χ0) is 20.1. The summed E-state index contributed by atoms with van der Waals surface area (Å²) >= 11 is 0. The summed E-state index contributed by atoms with van der Waals surface area (Å²) in [5.41, 5.74) is 0.853. The fourth-order valence-corrected chi connectivity index (χ4v) is 2.41. The van der Waals surface area contributed by atoms with Gasteiger partial charge in [0.2, 0.25) is 5.89 Å². The molecule has 0 bridgehead atoms. The molecular weight excluding hydrogens is 370 g/mol. The van der Waals surface area contributed by atoms with Crippen molar-refractivity contribution in [1.82, 2.24) is 10.2 Å². The van der Waals surface area contributed by atoms with Gasteiger partial charge in [0.1, 0.15) is 11.6 Å². The first-order valence-electron chi connectivity index (χ1n) is 8.50. The van der Waals surface area contributed by atoms with Crippen LogP contribution in [-0.2, 0) is 9.53 Å². The molecule has 0 N–H and O–H groups in total. The van der Waals surface area contributed by atoms with Gasteiger partial charge in [-0.3, -0.25) is 9.59 Å². The van der Waals surface area contributed by atoms with Crippen LogP contribution in [-0.4, -0.2) is 21.9 Å². The lowest BCUT2D eigenvalue weighted by Gasteiger charge is -2.09. The van der Waals surface area contributed by atoms with Crippen LogP contribution in [0.4, 0.5) is 8.78 Å². The molecule has 0 saturated heterocycles. The molecule has 0 amide bonds. The van der Waals surface area contributed by atoms with E-state index < -0.39 is 17.9 Å². The summed E-state index contributed by atoms with van der Waals surface area (Å²) in [7, 11) is 0. The van der Waals surface area contributed by atoms with Crippen molar-refractivity contribution in [2.24, 2.45) is 0 Å². The maximum absolute atomic E-state index is 13.0. The monoisotopic (exact) mass is 386 g/mol. The number of esters is 1. The molecule has 3 rings (SSSR count). The van der Waals surface area contributed by atoms with Gasteiger partial charge in [-0.15, -0.1) is 10.2 Å². The summed E-state index contributed by atoms with van der Waals surface area (Å²) in [4.78, 5) is 24.0. The Morgan fingerprint density at radius 3 is 2.21 bits per heavy atom. The van der Waals surface area contributed by atoms with Gasteiger partial charge in [-0.25, -0.2) is 8.78 Å². The molecule has 1 aromatic heterocycles. The van der Waals surface area contributed by atoms with Crippen molar-refractivity contribution in [3.05, 3.63) is 71.6 Å². The molecule has 0 saturated carbocycles. The second kappa shape index (κ2) is 8.51. The number of ether oxygens (including phenoxy) is 1. The van der Waals surface area contributed by atoms with Crippen LogP contribution in [0, 0.1) is 11.6 Å². The number of nitrogens with zero attached hydrogens (tertiary/aromatic N) is 2. The molecule has 3 aromatic rings. The van der Waals surface area contributed by atoms with E-state index in [0.717, 1.165) is 0 Å². The van der Waals surface area contributed by atoms with Crippen molar-refractivity contribution < 1.29 is 27.5 Å². The number of ketones is 1. The maximum Gasteiger partial charge on any atom is 0.307 e. The molecule has 0 spiro atoms. The minimum Gasteiger partial charge on any atom is -0.453 e. The van der Waals surface area contributed by atoms with Gasteiger partial charge < -0.3 is 9.15 Å². The quantitative estimate of drug-likeness (QED) is 0.445. The fraction of sp³-hybridized carbons (Fsp3) is 0.200. The molecule has 0 aliphatic heterocycles. The topological polar surface area (TPSA) is 82.3 Å². The molecule has 144 valence electrons. The fourth-order valence-electron chi connectivity index (χ4n) is 2.41. The average Bonchev–Trinajstić information content (AvgIpc) is 3.17. The smallest absolute Gasteiger partial charge is 0.307 e. The van der Waals surface area contributed by atoms with Gasteiger partial charge >= 0.3 is 5.97 Å². The van der Waals surface area contributed by atoms with E-state index >= 15 is 0 Å². The van der Waals surface area contributed by atoms with Crippen molar-refractivity contribution in [1.29, 1.82) is 0 Å². The molecule has 6 nitrogen and oxygen atoms in total. The van der Waals surface area contributed by atoms with E-state index in [1.807, 2.05) is 0 Å². The van der Waals surface area contributed by atoms with Crippen molar-refractivity contribution in [2.45, 2.75) is 25.9 Å². The molecule has 0 fully saturated rings. The Morgan fingerprint density at radius 1 is 0.964 bits per heavy atom. The largest absolute Gasteiger partial charge is 0.453 e. The van der Waals surface area contributed by atoms with Gasteiger partial charge in [0, 0.05) is 17.5 Å². The van der Waals surface area contributed by atoms with Gasteiger partial charge in [0.15, 0.2) is 11.9 Å². The third-order valence-corrected chi connectivity index (χ3v) is 3.91. The first-order valence-corrected chi connectivity index (χ1v) is 8.50. The Morgan fingerprint density at radius 2 is 1.57 bits per heavy atom. The van der Waals surface area contributed by atoms with Crippen LogP contribution in [0.1, 0.15) is 42.1 Å². The van der Waals surface area contributed by atoms with Crippen LogP contribution in [0.2, 0.25) is 0 Å². The molecule has 0 aliphatic carbocycles. The second-order valence-corrected chi connectivity index (χ2v) is 6.01. The highest BCUT2D eigenvalue weighted by atomic mass is 19.1. The van der Waals surface area contributed by atoms with E-state index in [1.165, 1.54) is 48.5 Å². The first-order chi connectivity index (χ1) is 13.4. The van der Waals surface area contributed by atoms with Crippen LogP contribution >= 0.6 is 0 Å². The number of aromatic nitrogens is 2. The second-order valence-electron chi connectivity index (χ2n) is 6.01. The average molecular weight is 386 g/mol. The third kappa shape index (κ3) is 4.85. The molecule has 2 aromatic carbocycles. The molecule has 1 heterocycles. The number of hydrogen-bond donors (Lipinski definition) is 0. The Balaban J connectivity index is 1.53. The lowest BCUT2D eigenvalue weighted by Crippen LogP contribution is -2.11. The lowest BCUT2D eigenvalue weighted by molar-refractivity contribution is -0.149. The van der Waals surface area contributed by atoms with E-state index in [0.29, 0.717) is 11.1 Å². The van der Waals surface area contributed by atoms with Gasteiger partial charge in [-0.05, 0) is 55.5 Å². The Kier molecular flexibility index (Phi) is 5.88. The summed E-state index contributed by atoms with van der Waals surface area (Å²) in [5.74, 6) is -1.47. The van der Waals surface area contributed by atoms with Crippen molar-refractivity contribution in [3.8, 4) is 11.5 Å². The van der Waals surface area contributed by atoms with E-state index in [2.05, 4.69) is 10.2 Å². The van der Waals surface area contributed by atoms with Crippen molar-refractivity contribution >= 4 is 11.8 Å². The normalized spacial score (nSPS) is 11.8. The molecule has 1 atom stereocenters. The standard InChI is InChI=1S/C20H16F2N2O4/c1-12(19-23-24-20(28-19)14-4-8-16(22)9-5-14)27-18(26)11-10-17(25)13-2-6-15(21)7-3-13/h2-9,12H,10-11H2,1H3/t12-/m1/s1. The van der Waals surface area contributed by atoms with E-state index in [1.54, 1.807) is 6.92 Å². The van der Waals surface area contributed by atoms with E-state index in [4.69, 9.17) is 9.15 Å². The molecule has 8 heteroatoms. The maximum atomic E-state index is 13.0. The highest BCUT2D eigenvalue weighted by molar-refractivity contribution is 5.97. The number of carbonyl (C=O) groups excluding carboxylic acids is 2. The Labute approximate surface area is 159 Å². The minimum atomic E-state index is -0.810. The number of halogens is 2. The van der Waals surface area contributed by atoms with Crippen LogP contribution in [0.5, 0.6) is 0 Å². The number of carbonyl (C=O) groups is 2. The molecular formula is C20H16F2N2O4. The van der Waals surface area contributed by atoms with Gasteiger partial charge in [0.05, 0.1) is 6.42 Å². The molecule has 0 unspecified atom stereocenters. The predicted octanol–water partition coefficient (Wildman–Crippen LogP) is 4.28. The van der Waals surface area contributed by atoms with E-state index in [9.17, 15) is 18.4 Å². The van der Waals surface area contributed by atoms with Crippen LogP contribution in [0.15, 0.2) is 52.9 Å². The summed E-state index contributed by atoms with van der Waals surface area (Å²) in [6.45, 7) is 1.56. The zero-order valence-corrected chi connectivity index (χ0v) is 14.9. The number of benzene rings is 2.